The molecule has 1 heterocycles. The van der Waals surface area contributed by atoms with E-state index in [1.807, 2.05) is 30.0 Å². The van der Waals surface area contributed by atoms with Crippen LogP contribution in [0, 0.1) is 6.92 Å². The van der Waals surface area contributed by atoms with Crippen molar-refractivity contribution in [2.24, 2.45) is 0 Å². The highest BCUT2D eigenvalue weighted by Crippen LogP contribution is 2.33. The van der Waals surface area contributed by atoms with Crippen LogP contribution in [-0.4, -0.2) is 33.9 Å². The van der Waals surface area contributed by atoms with Gasteiger partial charge < -0.3 is 5.32 Å². The number of benzene rings is 1. The quantitative estimate of drug-likeness (QED) is 0.839. The molecule has 1 atom stereocenters. The number of aryl methyl sites for hydroxylation is 1. The Morgan fingerprint density at radius 2 is 1.81 bits per heavy atom. The molecule has 1 amide bonds. The van der Waals surface area contributed by atoms with Crippen molar-refractivity contribution in [1.29, 1.82) is 0 Å². The lowest BCUT2D eigenvalue weighted by atomic mass is 10.1. The molecular weight excluding hydrogens is 331 g/mol. The van der Waals surface area contributed by atoms with E-state index in [9.17, 15) is 4.79 Å². The Morgan fingerprint density at radius 3 is 2.38 bits per heavy atom. The second kappa shape index (κ2) is 7.19. The standard InChI is InChI=1S/C15H19Cl3N2O/c1-11-7-3-4-8-12(11)13(21)19-14(15(16,17)18)20-9-5-2-6-10-20/h3-4,7-8,14H,2,5-6,9-10H2,1H3,(H,19,21). The van der Waals surface area contributed by atoms with Crippen LogP contribution in [0.3, 0.4) is 0 Å². The normalized spacial score (nSPS) is 18.3. The van der Waals surface area contributed by atoms with Crippen LogP contribution in [0.15, 0.2) is 24.3 Å². The zero-order valence-corrected chi connectivity index (χ0v) is 14.2. The largest absolute Gasteiger partial charge is 0.332 e. The molecule has 1 aliphatic heterocycles. The van der Waals surface area contributed by atoms with Gasteiger partial charge in [0.1, 0.15) is 6.17 Å². The van der Waals surface area contributed by atoms with Crippen LogP contribution in [0.2, 0.25) is 0 Å². The summed E-state index contributed by atoms with van der Waals surface area (Å²) in [5.74, 6) is -0.213. The summed E-state index contributed by atoms with van der Waals surface area (Å²) in [5, 5.41) is 2.87. The first-order chi connectivity index (χ1) is 9.89. The molecule has 1 saturated heterocycles. The van der Waals surface area contributed by atoms with Crippen LogP contribution in [-0.2, 0) is 0 Å². The summed E-state index contributed by atoms with van der Waals surface area (Å²) in [6, 6.07) is 7.38. The van der Waals surface area contributed by atoms with Crippen molar-refractivity contribution in [3.8, 4) is 0 Å². The molecule has 0 radical (unpaired) electrons. The predicted octanol–water partition coefficient (Wildman–Crippen LogP) is 3.91. The second-order valence-electron chi connectivity index (χ2n) is 5.33. The maximum Gasteiger partial charge on any atom is 0.252 e. The molecular formula is C15H19Cl3N2O. The number of rotatable bonds is 3. The molecule has 1 unspecified atom stereocenters. The molecule has 1 N–H and O–H groups in total. The van der Waals surface area contributed by atoms with Gasteiger partial charge >= 0.3 is 0 Å². The first-order valence-corrected chi connectivity index (χ1v) is 8.20. The van der Waals surface area contributed by atoms with E-state index in [1.165, 1.54) is 6.42 Å². The second-order valence-corrected chi connectivity index (χ2v) is 7.70. The predicted molar refractivity (Wildman–Crippen MR) is 88.1 cm³/mol. The summed E-state index contributed by atoms with van der Waals surface area (Å²) in [6.07, 6.45) is 2.67. The number of alkyl halides is 3. The fourth-order valence-corrected chi connectivity index (χ4v) is 3.16. The van der Waals surface area contributed by atoms with E-state index >= 15 is 0 Å². The molecule has 2 rings (SSSR count). The van der Waals surface area contributed by atoms with Crippen LogP contribution >= 0.6 is 34.8 Å². The van der Waals surface area contributed by atoms with Crippen molar-refractivity contribution in [3.63, 3.8) is 0 Å². The lowest BCUT2D eigenvalue weighted by molar-refractivity contribution is 0.0818. The Bertz CT molecular complexity index is 496. The Morgan fingerprint density at radius 1 is 1.19 bits per heavy atom. The van der Waals surface area contributed by atoms with E-state index in [0.717, 1.165) is 31.5 Å². The molecule has 116 valence electrons. The van der Waals surface area contributed by atoms with Gasteiger partial charge in [-0.3, -0.25) is 9.69 Å². The van der Waals surface area contributed by atoms with Crippen LogP contribution in [0.4, 0.5) is 0 Å². The average molecular weight is 350 g/mol. The number of amides is 1. The molecule has 0 spiro atoms. The van der Waals surface area contributed by atoms with Crippen LogP contribution in [0.5, 0.6) is 0 Å². The molecule has 3 nitrogen and oxygen atoms in total. The summed E-state index contributed by atoms with van der Waals surface area (Å²) < 4.78 is -1.56. The van der Waals surface area contributed by atoms with Crippen LogP contribution in [0.1, 0.15) is 35.2 Å². The Hall–Kier alpha value is -0.480. The zero-order chi connectivity index (χ0) is 15.5. The third-order valence-electron chi connectivity index (χ3n) is 3.72. The summed E-state index contributed by atoms with van der Waals surface area (Å²) in [6.45, 7) is 3.54. The van der Waals surface area contributed by atoms with E-state index in [-0.39, 0.29) is 5.91 Å². The van der Waals surface area contributed by atoms with Gasteiger partial charge in [0, 0.05) is 18.7 Å². The number of carbonyl (C=O) groups excluding carboxylic acids is 1. The van der Waals surface area contributed by atoms with Gasteiger partial charge in [-0.05, 0) is 31.4 Å². The van der Waals surface area contributed by atoms with E-state index in [2.05, 4.69) is 5.32 Å². The van der Waals surface area contributed by atoms with Crippen LogP contribution < -0.4 is 5.32 Å². The Balaban J connectivity index is 2.15. The number of halogens is 3. The fourth-order valence-electron chi connectivity index (χ4n) is 2.59. The fraction of sp³-hybridized carbons (Fsp3) is 0.533. The monoisotopic (exact) mass is 348 g/mol. The summed E-state index contributed by atoms with van der Waals surface area (Å²) in [4.78, 5) is 14.5. The van der Waals surface area contributed by atoms with Gasteiger partial charge in [0.25, 0.3) is 5.91 Å². The Kier molecular flexibility index (Phi) is 5.78. The summed E-state index contributed by atoms with van der Waals surface area (Å²) >= 11 is 18.2. The maximum absolute atomic E-state index is 12.5. The molecule has 0 aromatic heterocycles. The van der Waals surface area contributed by atoms with E-state index < -0.39 is 9.96 Å². The minimum Gasteiger partial charge on any atom is -0.332 e. The topological polar surface area (TPSA) is 32.3 Å². The highest BCUT2D eigenvalue weighted by atomic mass is 35.6. The van der Waals surface area contributed by atoms with Crippen molar-refractivity contribution in [1.82, 2.24) is 10.2 Å². The molecule has 0 bridgehead atoms. The molecule has 6 heteroatoms. The number of nitrogens with one attached hydrogen (secondary N) is 1. The summed E-state index contributed by atoms with van der Waals surface area (Å²) in [5.41, 5.74) is 1.51. The van der Waals surface area contributed by atoms with Crippen molar-refractivity contribution < 1.29 is 4.79 Å². The molecule has 21 heavy (non-hydrogen) atoms. The van der Waals surface area contributed by atoms with E-state index in [4.69, 9.17) is 34.8 Å². The minimum atomic E-state index is -1.56. The smallest absolute Gasteiger partial charge is 0.252 e. The number of nitrogens with zero attached hydrogens (tertiary/aromatic N) is 1. The van der Waals surface area contributed by atoms with Crippen LogP contribution in [0.25, 0.3) is 0 Å². The van der Waals surface area contributed by atoms with Crippen molar-refractivity contribution in [3.05, 3.63) is 35.4 Å². The first-order valence-electron chi connectivity index (χ1n) is 7.07. The average Bonchev–Trinajstić information content (AvgIpc) is 2.44. The number of carbonyl (C=O) groups is 1. The van der Waals surface area contributed by atoms with E-state index in [0.29, 0.717) is 5.56 Å². The van der Waals surface area contributed by atoms with E-state index in [1.54, 1.807) is 6.07 Å². The van der Waals surface area contributed by atoms with Gasteiger partial charge in [-0.1, -0.05) is 59.4 Å². The van der Waals surface area contributed by atoms with Gasteiger partial charge in [0.15, 0.2) is 0 Å². The van der Waals surface area contributed by atoms with Crippen molar-refractivity contribution in [2.75, 3.05) is 13.1 Å². The highest BCUT2D eigenvalue weighted by Gasteiger charge is 2.39. The van der Waals surface area contributed by atoms with Crippen molar-refractivity contribution in [2.45, 2.75) is 36.1 Å². The van der Waals surface area contributed by atoms with Gasteiger partial charge in [-0.15, -0.1) is 0 Å². The van der Waals surface area contributed by atoms with Crippen molar-refractivity contribution >= 4 is 40.7 Å². The number of likely N-dealkylation sites (tertiary alicyclic amines) is 1. The lowest BCUT2D eigenvalue weighted by Crippen LogP contribution is -2.56. The van der Waals surface area contributed by atoms with Gasteiger partial charge in [-0.25, -0.2) is 0 Å². The third-order valence-corrected chi connectivity index (χ3v) is 4.34. The first kappa shape index (κ1) is 16.9. The van der Waals surface area contributed by atoms with Gasteiger partial charge in [-0.2, -0.15) is 0 Å². The lowest BCUT2D eigenvalue weighted by Gasteiger charge is -2.38. The maximum atomic E-state index is 12.5. The number of hydrogen-bond acceptors (Lipinski definition) is 2. The molecule has 0 saturated carbocycles. The highest BCUT2D eigenvalue weighted by molar-refractivity contribution is 6.68. The molecule has 0 aliphatic carbocycles. The molecule has 1 aromatic carbocycles. The number of piperidine rings is 1. The Labute approximate surface area is 140 Å². The molecule has 1 fully saturated rings. The molecule has 1 aromatic rings. The third kappa shape index (κ3) is 4.49. The SMILES string of the molecule is Cc1ccccc1C(=O)NC(N1CCCCC1)C(Cl)(Cl)Cl. The molecule has 1 aliphatic rings. The number of hydrogen-bond donors (Lipinski definition) is 1. The summed E-state index contributed by atoms with van der Waals surface area (Å²) in [7, 11) is 0. The minimum absolute atomic E-state index is 0.213. The van der Waals surface area contributed by atoms with Gasteiger partial charge in [0.05, 0.1) is 0 Å². The zero-order valence-electron chi connectivity index (χ0n) is 11.9. The van der Waals surface area contributed by atoms with Gasteiger partial charge in [0.2, 0.25) is 3.79 Å².